The van der Waals surface area contributed by atoms with Gasteiger partial charge in [-0.15, -0.1) is 0 Å². The lowest BCUT2D eigenvalue weighted by molar-refractivity contribution is -0.144. The molecule has 0 aromatic carbocycles. The number of aromatic amines is 1. The zero-order chi connectivity index (χ0) is 15.0. The SMILES string of the molecule is O=C(O)C1CCC2CCCCC2N1S(=O)(=O)c1cnc[nH]1. The van der Waals surface area contributed by atoms with Gasteiger partial charge in [0.25, 0.3) is 10.0 Å². The first-order chi connectivity index (χ1) is 10.0. The molecule has 7 nitrogen and oxygen atoms in total. The molecule has 2 heterocycles. The van der Waals surface area contributed by atoms with Crippen molar-refractivity contribution in [3.8, 4) is 0 Å². The smallest absolute Gasteiger partial charge is 0.322 e. The number of sulfonamides is 1. The van der Waals surface area contributed by atoms with Crippen LogP contribution in [0.3, 0.4) is 0 Å². The van der Waals surface area contributed by atoms with Gasteiger partial charge >= 0.3 is 5.97 Å². The summed E-state index contributed by atoms with van der Waals surface area (Å²) in [7, 11) is -3.85. The van der Waals surface area contributed by atoms with Crippen LogP contribution >= 0.6 is 0 Å². The summed E-state index contributed by atoms with van der Waals surface area (Å²) < 4.78 is 26.9. The van der Waals surface area contributed by atoms with Crippen molar-refractivity contribution in [2.24, 2.45) is 5.92 Å². The van der Waals surface area contributed by atoms with Gasteiger partial charge in [0.05, 0.1) is 12.5 Å². The topological polar surface area (TPSA) is 103 Å². The number of piperidine rings is 1. The molecule has 3 rings (SSSR count). The highest BCUT2D eigenvalue weighted by Gasteiger charge is 2.48. The van der Waals surface area contributed by atoms with Crippen molar-refractivity contribution >= 4 is 16.0 Å². The fraction of sp³-hybridized carbons (Fsp3) is 0.692. The van der Waals surface area contributed by atoms with Crippen LogP contribution in [0.2, 0.25) is 0 Å². The van der Waals surface area contributed by atoms with Crippen LogP contribution in [-0.2, 0) is 14.8 Å². The van der Waals surface area contributed by atoms with Gasteiger partial charge in [-0.25, -0.2) is 13.4 Å². The molecule has 0 bridgehead atoms. The molecule has 3 unspecified atom stereocenters. The molecular weight excluding hydrogens is 294 g/mol. The fourth-order valence-electron chi connectivity index (χ4n) is 3.67. The third-order valence-electron chi connectivity index (χ3n) is 4.63. The summed E-state index contributed by atoms with van der Waals surface area (Å²) in [5.41, 5.74) is 0. The number of carboxylic acids is 1. The highest BCUT2D eigenvalue weighted by atomic mass is 32.2. The van der Waals surface area contributed by atoms with E-state index in [4.69, 9.17) is 0 Å². The maximum Gasteiger partial charge on any atom is 0.322 e. The number of hydrogen-bond acceptors (Lipinski definition) is 4. The number of aromatic nitrogens is 2. The molecule has 2 fully saturated rings. The highest BCUT2D eigenvalue weighted by molar-refractivity contribution is 7.89. The lowest BCUT2D eigenvalue weighted by atomic mass is 9.78. The summed E-state index contributed by atoms with van der Waals surface area (Å²) in [6, 6.07) is -1.18. The minimum absolute atomic E-state index is 0.0278. The Bertz CT molecular complexity index is 613. The molecule has 0 amide bonds. The third kappa shape index (κ3) is 2.46. The predicted molar refractivity (Wildman–Crippen MR) is 74.0 cm³/mol. The second-order valence-corrected chi connectivity index (χ2v) is 7.61. The minimum Gasteiger partial charge on any atom is -0.480 e. The number of carbonyl (C=O) groups is 1. The number of fused-ring (bicyclic) bond motifs is 1. The van der Waals surface area contributed by atoms with Crippen molar-refractivity contribution < 1.29 is 18.3 Å². The Morgan fingerprint density at radius 3 is 2.71 bits per heavy atom. The average molecular weight is 313 g/mol. The summed E-state index contributed by atoms with van der Waals surface area (Å²) in [5, 5.41) is 9.40. The van der Waals surface area contributed by atoms with E-state index in [1.807, 2.05) is 0 Å². The summed E-state index contributed by atoms with van der Waals surface area (Å²) in [5.74, 6) is -0.797. The minimum atomic E-state index is -3.85. The molecule has 2 N–H and O–H groups in total. The summed E-state index contributed by atoms with van der Waals surface area (Å²) in [4.78, 5) is 17.9. The number of H-pyrrole nitrogens is 1. The fourth-order valence-corrected chi connectivity index (χ4v) is 5.45. The van der Waals surface area contributed by atoms with Crippen LogP contribution in [0.1, 0.15) is 38.5 Å². The van der Waals surface area contributed by atoms with Crippen LogP contribution in [0.15, 0.2) is 17.6 Å². The molecular formula is C13H19N3O4S. The van der Waals surface area contributed by atoms with Crippen LogP contribution in [0, 0.1) is 5.92 Å². The van der Waals surface area contributed by atoms with Crippen LogP contribution < -0.4 is 0 Å². The summed E-state index contributed by atoms with van der Waals surface area (Å²) >= 11 is 0. The van der Waals surface area contributed by atoms with E-state index in [0.29, 0.717) is 6.42 Å². The molecule has 0 spiro atoms. The second kappa shape index (κ2) is 5.42. The first-order valence-electron chi connectivity index (χ1n) is 7.26. The third-order valence-corrected chi connectivity index (χ3v) is 6.49. The number of rotatable bonds is 3. The van der Waals surface area contributed by atoms with Gasteiger partial charge in [-0.2, -0.15) is 4.31 Å². The number of hydrogen-bond donors (Lipinski definition) is 2. The van der Waals surface area contributed by atoms with Crippen molar-refractivity contribution in [1.29, 1.82) is 0 Å². The van der Waals surface area contributed by atoms with E-state index in [9.17, 15) is 18.3 Å². The van der Waals surface area contributed by atoms with Gasteiger partial charge in [-0.05, 0) is 31.6 Å². The second-order valence-electron chi connectivity index (χ2n) is 5.79. The predicted octanol–water partition coefficient (Wildman–Crippen LogP) is 1.21. The van der Waals surface area contributed by atoms with Gasteiger partial charge < -0.3 is 10.1 Å². The maximum absolute atomic E-state index is 12.8. The maximum atomic E-state index is 12.8. The number of aliphatic carboxylic acids is 1. The highest BCUT2D eigenvalue weighted by Crippen LogP contribution is 2.40. The lowest BCUT2D eigenvalue weighted by Gasteiger charge is -2.45. The number of nitrogens with one attached hydrogen (secondary N) is 1. The zero-order valence-corrected chi connectivity index (χ0v) is 12.4. The Hall–Kier alpha value is -1.41. The van der Waals surface area contributed by atoms with Crippen LogP contribution in [-0.4, -0.2) is 45.9 Å². The van der Waals surface area contributed by atoms with Gasteiger partial charge in [-0.3, -0.25) is 4.79 Å². The van der Waals surface area contributed by atoms with Crippen molar-refractivity contribution in [3.05, 3.63) is 12.5 Å². The van der Waals surface area contributed by atoms with E-state index in [-0.39, 0.29) is 17.0 Å². The molecule has 8 heteroatoms. The molecule has 1 aliphatic heterocycles. The monoisotopic (exact) mass is 313 g/mol. The van der Waals surface area contributed by atoms with Gasteiger partial charge in [0.15, 0.2) is 5.03 Å². The molecule has 1 saturated heterocycles. The Kier molecular flexibility index (Phi) is 3.75. The normalized spacial score (nSPS) is 30.8. The number of carboxylic acid groups (broad SMARTS) is 1. The van der Waals surface area contributed by atoms with Gasteiger partial charge in [0.2, 0.25) is 0 Å². The van der Waals surface area contributed by atoms with Crippen molar-refractivity contribution in [1.82, 2.24) is 14.3 Å². The Balaban J connectivity index is 2.02. The molecule has 1 aliphatic carbocycles. The van der Waals surface area contributed by atoms with E-state index in [2.05, 4.69) is 9.97 Å². The van der Waals surface area contributed by atoms with E-state index < -0.39 is 22.0 Å². The molecule has 1 saturated carbocycles. The van der Waals surface area contributed by atoms with Crippen molar-refractivity contribution in [2.45, 2.75) is 55.6 Å². The van der Waals surface area contributed by atoms with Crippen molar-refractivity contribution in [2.75, 3.05) is 0 Å². The lowest BCUT2D eigenvalue weighted by Crippen LogP contribution is -2.57. The molecule has 0 radical (unpaired) electrons. The van der Waals surface area contributed by atoms with Crippen LogP contribution in [0.4, 0.5) is 0 Å². The van der Waals surface area contributed by atoms with E-state index in [1.54, 1.807) is 0 Å². The number of nitrogens with zero attached hydrogens (tertiary/aromatic N) is 2. The molecule has 116 valence electrons. The Labute approximate surface area is 123 Å². The first kappa shape index (κ1) is 14.5. The summed E-state index contributed by atoms with van der Waals surface area (Å²) in [6.45, 7) is 0. The van der Waals surface area contributed by atoms with E-state index >= 15 is 0 Å². The molecule has 1 aromatic rings. The molecule has 2 aliphatic rings. The molecule has 21 heavy (non-hydrogen) atoms. The zero-order valence-electron chi connectivity index (χ0n) is 11.6. The van der Waals surface area contributed by atoms with Crippen LogP contribution in [0.5, 0.6) is 0 Å². The largest absolute Gasteiger partial charge is 0.480 e. The Morgan fingerprint density at radius 2 is 2.05 bits per heavy atom. The van der Waals surface area contributed by atoms with Gasteiger partial charge in [-0.1, -0.05) is 12.8 Å². The van der Waals surface area contributed by atoms with Crippen LogP contribution in [0.25, 0.3) is 0 Å². The molecule has 1 aromatic heterocycles. The molecule has 3 atom stereocenters. The van der Waals surface area contributed by atoms with Gasteiger partial charge in [0.1, 0.15) is 6.04 Å². The average Bonchev–Trinajstić information content (AvgIpc) is 3.00. The quantitative estimate of drug-likeness (QED) is 0.873. The standard InChI is InChI=1S/C13H19N3O4S/c17-13(18)11-6-5-9-3-1-2-4-10(9)16(11)21(19,20)12-7-14-8-15-12/h7-11H,1-6H2,(H,14,15)(H,17,18). The van der Waals surface area contributed by atoms with Crippen molar-refractivity contribution in [3.63, 3.8) is 0 Å². The van der Waals surface area contributed by atoms with Gasteiger partial charge in [0, 0.05) is 6.04 Å². The first-order valence-corrected chi connectivity index (χ1v) is 8.70. The Morgan fingerprint density at radius 1 is 1.29 bits per heavy atom. The van der Waals surface area contributed by atoms with E-state index in [1.165, 1.54) is 16.8 Å². The van der Waals surface area contributed by atoms with E-state index in [0.717, 1.165) is 32.1 Å². The summed E-state index contributed by atoms with van der Waals surface area (Å²) in [6.07, 6.45) is 7.46. The number of imidazole rings is 1.